The van der Waals surface area contributed by atoms with E-state index in [-0.39, 0.29) is 13.1 Å². The van der Waals surface area contributed by atoms with Gasteiger partial charge in [-0.1, -0.05) is 25.1 Å². The van der Waals surface area contributed by atoms with Gasteiger partial charge in [0.05, 0.1) is 5.25 Å². The summed E-state index contributed by atoms with van der Waals surface area (Å²) in [7, 11) is -3.33. The molecule has 0 saturated heterocycles. The monoisotopic (exact) mass is 272 g/mol. The molecule has 0 fully saturated rings. The zero-order chi connectivity index (χ0) is 13.4. The normalized spacial score (nSPS) is 13.2. The summed E-state index contributed by atoms with van der Waals surface area (Å²) in [5.41, 5.74) is 5.41. The van der Waals surface area contributed by atoms with E-state index in [4.69, 9.17) is 10.5 Å². The Morgan fingerprint density at radius 3 is 2.56 bits per heavy atom. The maximum atomic E-state index is 11.8. The highest BCUT2D eigenvalue weighted by Crippen LogP contribution is 2.07. The van der Waals surface area contributed by atoms with Crippen molar-refractivity contribution in [3.05, 3.63) is 30.3 Å². The van der Waals surface area contributed by atoms with Gasteiger partial charge in [-0.05, 0) is 18.6 Å². The van der Waals surface area contributed by atoms with Crippen molar-refractivity contribution in [1.29, 1.82) is 0 Å². The van der Waals surface area contributed by atoms with Crippen LogP contribution in [0.4, 0.5) is 0 Å². The summed E-state index contributed by atoms with van der Waals surface area (Å²) < 4.78 is 31.4. The summed E-state index contributed by atoms with van der Waals surface area (Å²) in [6.07, 6.45) is 0.505. The Labute approximate surface area is 108 Å². The van der Waals surface area contributed by atoms with Crippen molar-refractivity contribution in [2.24, 2.45) is 5.73 Å². The van der Waals surface area contributed by atoms with Gasteiger partial charge in [0.1, 0.15) is 12.4 Å². The van der Waals surface area contributed by atoms with Crippen LogP contribution in [0.2, 0.25) is 0 Å². The Morgan fingerprint density at radius 2 is 2.00 bits per heavy atom. The van der Waals surface area contributed by atoms with Crippen LogP contribution in [-0.2, 0) is 10.0 Å². The first-order valence-corrected chi connectivity index (χ1v) is 7.51. The van der Waals surface area contributed by atoms with Gasteiger partial charge >= 0.3 is 0 Å². The lowest BCUT2D eigenvalue weighted by atomic mass is 10.3. The third-order valence-electron chi connectivity index (χ3n) is 2.57. The lowest BCUT2D eigenvalue weighted by molar-refractivity contribution is 0.322. The third-order valence-corrected chi connectivity index (χ3v) is 4.58. The molecule has 6 heteroatoms. The summed E-state index contributed by atoms with van der Waals surface area (Å²) >= 11 is 0. The minimum Gasteiger partial charge on any atom is -0.492 e. The first-order chi connectivity index (χ1) is 8.60. The molecule has 1 unspecified atom stereocenters. The fourth-order valence-corrected chi connectivity index (χ4v) is 2.80. The number of nitrogens with one attached hydrogen (secondary N) is 1. The van der Waals surface area contributed by atoms with E-state index in [2.05, 4.69) is 4.72 Å². The number of para-hydroxylation sites is 1. The maximum Gasteiger partial charge on any atom is 0.215 e. The number of rotatable bonds is 8. The van der Waals surface area contributed by atoms with E-state index in [1.54, 1.807) is 6.92 Å². The Hall–Kier alpha value is -1.11. The number of ether oxygens (including phenoxy) is 1. The number of sulfonamides is 1. The van der Waals surface area contributed by atoms with Gasteiger partial charge < -0.3 is 10.5 Å². The topological polar surface area (TPSA) is 81.4 Å². The van der Waals surface area contributed by atoms with Crippen molar-refractivity contribution in [3.8, 4) is 5.75 Å². The van der Waals surface area contributed by atoms with Crippen LogP contribution in [0.25, 0.3) is 0 Å². The molecule has 0 spiro atoms. The molecule has 0 heterocycles. The van der Waals surface area contributed by atoms with Crippen LogP contribution < -0.4 is 15.2 Å². The standard InChI is InChI=1S/C12H20N2O3S/c1-2-12(10-13)18(15,16)14-8-9-17-11-6-4-3-5-7-11/h3-7,12,14H,2,8-10,13H2,1H3. The Balaban J connectivity index is 2.34. The number of hydrogen-bond donors (Lipinski definition) is 2. The summed E-state index contributed by atoms with van der Waals surface area (Å²) in [5, 5.41) is -0.533. The van der Waals surface area contributed by atoms with Crippen LogP contribution >= 0.6 is 0 Å². The molecular weight excluding hydrogens is 252 g/mol. The second-order valence-corrected chi connectivity index (χ2v) is 5.91. The molecule has 1 aromatic carbocycles. The van der Waals surface area contributed by atoms with Crippen LogP contribution in [0.3, 0.4) is 0 Å². The smallest absolute Gasteiger partial charge is 0.215 e. The molecule has 1 aromatic rings. The van der Waals surface area contributed by atoms with Crippen LogP contribution in [0.1, 0.15) is 13.3 Å². The van der Waals surface area contributed by atoms with Gasteiger partial charge in [-0.3, -0.25) is 0 Å². The first-order valence-electron chi connectivity index (χ1n) is 5.96. The minimum atomic E-state index is -3.33. The second-order valence-electron chi connectivity index (χ2n) is 3.87. The zero-order valence-electron chi connectivity index (χ0n) is 10.5. The van der Waals surface area contributed by atoms with Crippen molar-refractivity contribution in [1.82, 2.24) is 4.72 Å². The molecule has 3 N–H and O–H groups in total. The van der Waals surface area contributed by atoms with Crippen LogP contribution in [-0.4, -0.2) is 33.4 Å². The Morgan fingerprint density at radius 1 is 1.33 bits per heavy atom. The molecule has 0 amide bonds. The molecule has 0 aromatic heterocycles. The molecule has 0 aliphatic heterocycles. The Bertz CT molecular complexity index is 430. The highest BCUT2D eigenvalue weighted by molar-refractivity contribution is 7.90. The molecular formula is C12H20N2O3S. The number of nitrogens with two attached hydrogens (primary N) is 1. The van der Waals surface area contributed by atoms with Crippen molar-refractivity contribution >= 4 is 10.0 Å². The van der Waals surface area contributed by atoms with Gasteiger partial charge in [0.15, 0.2) is 0 Å². The molecule has 0 saturated carbocycles. The van der Waals surface area contributed by atoms with Crippen molar-refractivity contribution < 1.29 is 13.2 Å². The van der Waals surface area contributed by atoms with Crippen LogP contribution in [0.15, 0.2) is 30.3 Å². The van der Waals surface area contributed by atoms with E-state index in [9.17, 15) is 8.42 Å². The van der Waals surface area contributed by atoms with E-state index in [0.29, 0.717) is 13.0 Å². The molecule has 0 radical (unpaired) electrons. The predicted molar refractivity (Wildman–Crippen MR) is 72.0 cm³/mol. The van der Waals surface area contributed by atoms with Gasteiger partial charge in [-0.2, -0.15) is 0 Å². The molecule has 0 aliphatic carbocycles. The lowest BCUT2D eigenvalue weighted by Gasteiger charge is -2.14. The van der Waals surface area contributed by atoms with Gasteiger partial charge in [0.25, 0.3) is 0 Å². The summed E-state index contributed by atoms with van der Waals surface area (Å²) in [4.78, 5) is 0. The summed E-state index contributed by atoms with van der Waals surface area (Å²) in [6, 6.07) is 9.26. The quantitative estimate of drug-likeness (QED) is 0.683. The number of benzene rings is 1. The zero-order valence-corrected chi connectivity index (χ0v) is 11.3. The van der Waals surface area contributed by atoms with Crippen molar-refractivity contribution in [2.45, 2.75) is 18.6 Å². The Kier molecular flexibility index (Phi) is 6.11. The fraction of sp³-hybridized carbons (Fsp3) is 0.500. The van der Waals surface area contributed by atoms with Gasteiger partial charge in [-0.15, -0.1) is 0 Å². The maximum absolute atomic E-state index is 11.8. The predicted octanol–water partition coefficient (Wildman–Crippen LogP) is 0.722. The molecule has 18 heavy (non-hydrogen) atoms. The van der Waals surface area contributed by atoms with Gasteiger partial charge in [0, 0.05) is 13.1 Å². The van der Waals surface area contributed by atoms with E-state index >= 15 is 0 Å². The van der Waals surface area contributed by atoms with Crippen LogP contribution in [0, 0.1) is 0 Å². The van der Waals surface area contributed by atoms with E-state index in [1.165, 1.54) is 0 Å². The molecule has 5 nitrogen and oxygen atoms in total. The highest BCUT2D eigenvalue weighted by atomic mass is 32.2. The molecule has 0 bridgehead atoms. The van der Waals surface area contributed by atoms with Crippen LogP contribution in [0.5, 0.6) is 5.75 Å². The van der Waals surface area contributed by atoms with Gasteiger partial charge in [0.2, 0.25) is 10.0 Å². The third kappa shape index (κ3) is 4.64. The minimum absolute atomic E-state index is 0.130. The molecule has 1 atom stereocenters. The summed E-state index contributed by atoms with van der Waals surface area (Å²) in [5.74, 6) is 0.725. The van der Waals surface area contributed by atoms with E-state index < -0.39 is 15.3 Å². The van der Waals surface area contributed by atoms with E-state index in [0.717, 1.165) is 5.75 Å². The average Bonchev–Trinajstić information content (AvgIpc) is 2.37. The highest BCUT2D eigenvalue weighted by Gasteiger charge is 2.21. The van der Waals surface area contributed by atoms with Crippen molar-refractivity contribution in [2.75, 3.05) is 19.7 Å². The van der Waals surface area contributed by atoms with Crippen molar-refractivity contribution in [3.63, 3.8) is 0 Å². The number of hydrogen-bond acceptors (Lipinski definition) is 4. The largest absolute Gasteiger partial charge is 0.492 e. The van der Waals surface area contributed by atoms with Gasteiger partial charge in [-0.25, -0.2) is 13.1 Å². The first kappa shape index (κ1) is 14.9. The average molecular weight is 272 g/mol. The molecule has 1 rings (SSSR count). The molecule has 0 aliphatic rings. The lowest BCUT2D eigenvalue weighted by Crippen LogP contribution is -2.40. The summed E-state index contributed by atoms with van der Waals surface area (Å²) in [6.45, 7) is 2.47. The second kappa shape index (κ2) is 7.35. The van der Waals surface area contributed by atoms with E-state index in [1.807, 2.05) is 30.3 Å². The fourth-order valence-electron chi connectivity index (χ4n) is 1.50. The SMILES string of the molecule is CCC(CN)S(=O)(=O)NCCOc1ccccc1. The molecule has 102 valence electrons.